The number of allylic oxidation sites excluding steroid dienone is 2. The first-order valence-corrected chi connectivity index (χ1v) is 11.6. The number of furan rings is 1. The van der Waals surface area contributed by atoms with Gasteiger partial charge in [-0.3, -0.25) is 0 Å². The molecule has 23 heavy (non-hydrogen) atoms. The minimum absolute atomic E-state index is 0.166. The van der Waals surface area contributed by atoms with Gasteiger partial charge in [0, 0.05) is 16.3 Å². The molecule has 1 aliphatic heterocycles. The third-order valence-corrected chi connectivity index (χ3v) is 6.49. The summed E-state index contributed by atoms with van der Waals surface area (Å²) >= 11 is 0. The van der Waals surface area contributed by atoms with Crippen molar-refractivity contribution in [1.82, 2.24) is 5.32 Å². The summed E-state index contributed by atoms with van der Waals surface area (Å²) in [6.45, 7) is 7.10. The average molecular weight is 319 g/mol. The fraction of sp³-hybridized carbons (Fsp3) is 0.200. The summed E-state index contributed by atoms with van der Waals surface area (Å²) in [6, 6.07) is 13.2. The number of fused-ring (bicyclic) bond motifs is 3. The highest BCUT2D eigenvalue weighted by molar-refractivity contribution is 6.90. The van der Waals surface area contributed by atoms with Crippen LogP contribution in [0.15, 0.2) is 65.2 Å². The van der Waals surface area contributed by atoms with E-state index in [9.17, 15) is 0 Å². The molecule has 1 unspecified atom stereocenters. The molecule has 4 rings (SSSR count). The van der Waals surface area contributed by atoms with Crippen molar-refractivity contribution >= 4 is 35.2 Å². The van der Waals surface area contributed by atoms with E-state index < -0.39 is 8.07 Å². The number of hydrogen-bond acceptors (Lipinski definition) is 2. The molecule has 2 aromatic carbocycles. The predicted octanol–water partition coefficient (Wildman–Crippen LogP) is 4.85. The zero-order valence-electron chi connectivity index (χ0n) is 13.8. The van der Waals surface area contributed by atoms with Gasteiger partial charge in [0.1, 0.15) is 11.2 Å². The molecule has 0 fully saturated rings. The second kappa shape index (κ2) is 5.13. The fourth-order valence-electron chi connectivity index (χ4n) is 3.32. The standard InChI is InChI=1S/C20H21NOSi/c1-23(2,3)18-12-7-9-15-14-8-6-10-16(19(14)22-20(15)18)17-11-4-5-13-21-17/h4-13,17,21H,1-3H3. The van der Waals surface area contributed by atoms with Crippen LogP contribution in [0.2, 0.25) is 19.6 Å². The molecule has 0 saturated carbocycles. The highest BCUT2D eigenvalue weighted by atomic mass is 28.3. The van der Waals surface area contributed by atoms with Gasteiger partial charge in [-0.2, -0.15) is 0 Å². The van der Waals surface area contributed by atoms with E-state index in [1.54, 1.807) is 0 Å². The lowest BCUT2D eigenvalue weighted by molar-refractivity contribution is 0.650. The molecule has 3 heteroatoms. The Kier molecular flexibility index (Phi) is 3.20. The van der Waals surface area contributed by atoms with Crippen LogP contribution >= 0.6 is 0 Å². The van der Waals surface area contributed by atoms with E-state index >= 15 is 0 Å². The van der Waals surface area contributed by atoms with Crippen molar-refractivity contribution in [3.8, 4) is 0 Å². The average Bonchev–Trinajstić information content (AvgIpc) is 2.93. The lowest BCUT2D eigenvalue weighted by Gasteiger charge is -2.16. The minimum Gasteiger partial charge on any atom is -0.456 e. The third-order valence-electron chi connectivity index (χ3n) is 4.48. The van der Waals surface area contributed by atoms with E-state index in [0.29, 0.717) is 0 Å². The van der Waals surface area contributed by atoms with Gasteiger partial charge in [0.05, 0.1) is 14.1 Å². The van der Waals surface area contributed by atoms with Crippen molar-refractivity contribution in [3.63, 3.8) is 0 Å². The van der Waals surface area contributed by atoms with Crippen molar-refractivity contribution < 1.29 is 4.42 Å². The molecule has 2 heterocycles. The van der Waals surface area contributed by atoms with Crippen LogP contribution in [0.25, 0.3) is 21.9 Å². The van der Waals surface area contributed by atoms with Gasteiger partial charge in [-0.05, 0) is 17.5 Å². The molecule has 116 valence electrons. The first kappa shape index (κ1) is 14.3. The summed E-state index contributed by atoms with van der Waals surface area (Å²) in [6.07, 6.45) is 8.25. The van der Waals surface area contributed by atoms with E-state index in [4.69, 9.17) is 4.42 Å². The minimum atomic E-state index is -1.45. The Bertz CT molecular complexity index is 943. The second-order valence-corrected chi connectivity index (χ2v) is 12.2. The molecule has 1 aromatic heterocycles. The lowest BCUT2D eigenvalue weighted by Crippen LogP contribution is -2.37. The number of para-hydroxylation sites is 2. The Morgan fingerprint density at radius 1 is 0.913 bits per heavy atom. The van der Waals surface area contributed by atoms with Crippen molar-refractivity contribution in [2.45, 2.75) is 25.7 Å². The highest BCUT2D eigenvalue weighted by Gasteiger charge is 2.23. The maximum absolute atomic E-state index is 6.43. The number of hydrogen-bond donors (Lipinski definition) is 1. The van der Waals surface area contributed by atoms with E-state index in [-0.39, 0.29) is 6.04 Å². The Morgan fingerprint density at radius 2 is 1.65 bits per heavy atom. The SMILES string of the molecule is C[Si](C)(C)c1cccc2c1oc1c(C3C=CC=CN3)cccc12. The predicted molar refractivity (Wildman–Crippen MR) is 101 cm³/mol. The molecule has 3 aromatic rings. The molecule has 0 amide bonds. The smallest absolute Gasteiger partial charge is 0.141 e. The van der Waals surface area contributed by atoms with Crippen molar-refractivity contribution in [3.05, 3.63) is 66.4 Å². The zero-order chi connectivity index (χ0) is 16.0. The van der Waals surface area contributed by atoms with Gasteiger partial charge in [-0.25, -0.2) is 0 Å². The van der Waals surface area contributed by atoms with Gasteiger partial charge >= 0.3 is 0 Å². The number of rotatable bonds is 2. The zero-order valence-corrected chi connectivity index (χ0v) is 14.8. The Hall–Kier alpha value is -2.26. The first-order valence-electron chi connectivity index (χ1n) is 8.10. The molecule has 1 N–H and O–H groups in total. The Labute approximate surface area is 137 Å². The summed E-state index contributed by atoms with van der Waals surface area (Å²) < 4.78 is 6.43. The molecule has 0 bridgehead atoms. The van der Waals surface area contributed by atoms with Gasteiger partial charge in [0.15, 0.2) is 0 Å². The normalized spacial score (nSPS) is 17.8. The van der Waals surface area contributed by atoms with Crippen LogP contribution in [0.3, 0.4) is 0 Å². The third kappa shape index (κ3) is 2.32. The van der Waals surface area contributed by atoms with E-state index in [0.717, 1.165) is 11.2 Å². The molecule has 0 spiro atoms. The number of benzene rings is 2. The molecule has 2 nitrogen and oxygen atoms in total. The molecule has 1 aliphatic rings. The maximum atomic E-state index is 6.43. The summed E-state index contributed by atoms with van der Waals surface area (Å²) in [5.74, 6) is 0. The van der Waals surface area contributed by atoms with Crippen LogP contribution in [0.4, 0.5) is 0 Å². The largest absolute Gasteiger partial charge is 0.456 e. The van der Waals surface area contributed by atoms with Crippen LogP contribution in [0.1, 0.15) is 11.6 Å². The van der Waals surface area contributed by atoms with Crippen molar-refractivity contribution in [2.75, 3.05) is 0 Å². The van der Waals surface area contributed by atoms with Gasteiger partial charge in [-0.1, -0.05) is 68.2 Å². The van der Waals surface area contributed by atoms with Gasteiger partial charge in [0.2, 0.25) is 0 Å². The van der Waals surface area contributed by atoms with Crippen LogP contribution < -0.4 is 10.5 Å². The monoisotopic (exact) mass is 319 g/mol. The van der Waals surface area contributed by atoms with Crippen LogP contribution in [-0.4, -0.2) is 8.07 Å². The summed E-state index contributed by atoms with van der Waals surface area (Å²) in [5, 5.41) is 7.23. The summed E-state index contributed by atoms with van der Waals surface area (Å²) in [5.41, 5.74) is 3.27. The Morgan fingerprint density at radius 3 is 2.35 bits per heavy atom. The fourth-order valence-corrected chi connectivity index (χ4v) is 4.78. The van der Waals surface area contributed by atoms with E-state index in [1.807, 2.05) is 12.3 Å². The first-order chi connectivity index (χ1) is 11.1. The molecular formula is C20H21NOSi. The van der Waals surface area contributed by atoms with Crippen LogP contribution in [0, 0.1) is 0 Å². The molecule has 0 aliphatic carbocycles. The Balaban J connectivity index is 2.02. The second-order valence-electron chi connectivity index (χ2n) is 7.15. The summed E-state index contributed by atoms with van der Waals surface area (Å²) in [4.78, 5) is 0. The molecular weight excluding hydrogens is 298 g/mol. The van der Waals surface area contributed by atoms with Crippen LogP contribution in [-0.2, 0) is 0 Å². The number of nitrogens with one attached hydrogen (secondary N) is 1. The molecule has 0 saturated heterocycles. The van der Waals surface area contributed by atoms with Gasteiger partial charge < -0.3 is 9.73 Å². The highest BCUT2D eigenvalue weighted by Crippen LogP contribution is 2.34. The molecule has 0 radical (unpaired) electrons. The maximum Gasteiger partial charge on any atom is 0.141 e. The van der Waals surface area contributed by atoms with E-state index in [2.05, 4.69) is 73.5 Å². The topological polar surface area (TPSA) is 25.2 Å². The number of dihydropyridines is 1. The van der Waals surface area contributed by atoms with Crippen molar-refractivity contribution in [2.24, 2.45) is 0 Å². The lowest BCUT2D eigenvalue weighted by atomic mass is 10.0. The quantitative estimate of drug-likeness (QED) is 0.683. The van der Waals surface area contributed by atoms with Gasteiger partial charge in [0.25, 0.3) is 0 Å². The van der Waals surface area contributed by atoms with Crippen LogP contribution in [0.5, 0.6) is 0 Å². The molecule has 1 atom stereocenters. The van der Waals surface area contributed by atoms with Crippen molar-refractivity contribution in [1.29, 1.82) is 0 Å². The van der Waals surface area contributed by atoms with E-state index in [1.165, 1.54) is 21.5 Å². The summed E-state index contributed by atoms with van der Waals surface area (Å²) in [7, 11) is -1.45. The van der Waals surface area contributed by atoms with Gasteiger partial charge in [-0.15, -0.1) is 0 Å².